The molecule has 4 aliphatic heterocycles. The highest BCUT2D eigenvalue weighted by Crippen LogP contribution is 2.61. The summed E-state index contributed by atoms with van der Waals surface area (Å²) in [5.41, 5.74) is 1.10. The predicted octanol–water partition coefficient (Wildman–Crippen LogP) is 4.59. The van der Waals surface area contributed by atoms with Crippen molar-refractivity contribution in [3.8, 4) is 5.75 Å². The largest absolute Gasteiger partial charge is 0.482 e. The van der Waals surface area contributed by atoms with E-state index in [0.29, 0.717) is 40.6 Å². The van der Waals surface area contributed by atoms with Crippen LogP contribution in [0.3, 0.4) is 0 Å². The molecule has 10 nitrogen and oxygen atoms in total. The van der Waals surface area contributed by atoms with Gasteiger partial charge in [0.15, 0.2) is 20.5 Å². The van der Waals surface area contributed by atoms with E-state index in [1.165, 1.54) is 0 Å². The number of benzene rings is 3. The summed E-state index contributed by atoms with van der Waals surface area (Å²) >= 11 is 0. The molecule has 3 aromatic carbocycles. The lowest BCUT2D eigenvalue weighted by atomic mass is 9.82. The highest BCUT2D eigenvalue weighted by atomic mass is 28.4. The minimum atomic E-state index is -3.03. The number of aliphatic hydroxyl groups is 1. The highest BCUT2D eigenvalue weighted by molar-refractivity contribution is 6.71. The number of nitrogens with zero attached hydrogens (tertiary/aromatic N) is 3. The quantitative estimate of drug-likeness (QED) is 0.378. The molecule has 3 amide bonds. The van der Waals surface area contributed by atoms with Gasteiger partial charge in [0.2, 0.25) is 5.91 Å². The van der Waals surface area contributed by atoms with Crippen LogP contribution in [0.2, 0.25) is 18.6 Å². The van der Waals surface area contributed by atoms with E-state index in [0.717, 1.165) is 12.8 Å². The lowest BCUT2D eigenvalue weighted by Crippen LogP contribution is -2.45. The summed E-state index contributed by atoms with van der Waals surface area (Å²) in [5.74, 6) is -0.596. The summed E-state index contributed by atoms with van der Waals surface area (Å²) in [6, 6.07) is 21.9. The van der Waals surface area contributed by atoms with Crippen LogP contribution in [-0.4, -0.2) is 72.7 Å². The molecule has 7 rings (SSSR count). The van der Waals surface area contributed by atoms with Gasteiger partial charge in [-0.2, -0.15) is 0 Å². The molecule has 2 fully saturated rings. The number of carbonyl (C=O) groups is 3. The van der Waals surface area contributed by atoms with E-state index in [1.807, 2.05) is 92.8 Å². The molecule has 2 N–H and O–H groups in total. The fourth-order valence-corrected chi connectivity index (χ4v) is 10.7. The van der Waals surface area contributed by atoms with Gasteiger partial charge in [0.25, 0.3) is 11.8 Å². The molecule has 11 heteroatoms. The van der Waals surface area contributed by atoms with Crippen molar-refractivity contribution in [3.05, 3.63) is 78.4 Å². The van der Waals surface area contributed by atoms with E-state index in [2.05, 4.69) is 0 Å². The number of rotatable bonds is 6. The standard InChI is InChI=1S/C35H39N3O7Si/c1-22-33(46(2,3)43)30(19-31(40)36-17-9-12-25(36)20-39)45-35(22)26-18-24(37-28-13-7-8-14-29(28)44-21-32(37)41)15-16-27(26)38(34(35)42)23-10-5-4-6-11-23/h4-8,10-11,13-16,18,22,25,30,33,39,43H,9,12,17,19-21H2,1-3H3/t22-,25+,30+,33-,35+/m1/s1. The summed E-state index contributed by atoms with van der Waals surface area (Å²) in [6.45, 7) is 5.92. The minimum absolute atomic E-state index is 0.00673. The SMILES string of the molecule is C[C@@H]1[C@@H]([Si](C)(C)O)[C@H](CC(=O)N2CCC[C@H]2CO)O[C@@]12C(=O)N(c1ccccc1)c1ccc(N3C(=O)COc4ccccc43)cc12. The topological polar surface area (TPSA) is 120 Å². The van der Waals surface area contributed by atoms with Crippen molar-refractivity contribution in [3.63, 3.8) is 0 Å². The normalized spacial score (nSPS) is 27.3. The van der Waals surface area contributed by atoms with Crippen LogP contribution < -0.4 is 14.5 Å². The maximum Gasteiger partial charge on any atom is 0.269 e. The molecule has 0 bridgehead atoms. The van der Waals surface area contributed by atoms with Crippen molar-refractivity contribution >= 4 is 48.8 Å². The predicted molar refractivity (Wildman–Crippen MR) is 175 cm³/mol. The van der Waals surface area contributed by atoms with E-state index >= 15 is 0 Å². The van der Waals surface area contributed by atoms with Crippen molar-refractivity contribution in [1.82, 2.24) is 4.90 Å². The van der Waals surface area contributed by atoms with Crippen molar-refractivity contribution in [1.29, 1.82) is 0 Å². The first kappa shape index (κ1) is 30.6. The number of hydrogen-bond acceptors (Lipinski definition) is 7. The van der Waals surface area contributed by atoms with Gasteiger partial charge in [-0.15, -0.1) is 0 Å². The molecule has 0 aromatic heterocycles. The number of ether oxygens (including phenoxy) is 2. The lowest BCUT2D eigenvalue weighted by Gasteiger charge is -2.33. The van der Waals surface area contributed by atoms with Gasteiger partial charge in [-0.05, 0) is 68.4 Å². The van der Waals surface area contributed by atoms with Gasteiger partial charge in [0.1, 0.15) is 5.75 Å². The Labute approximate surface area is 269 Å². The Morgan fingerprint density at radius 1 is 0.978 bits per heavy atom. The molecule has 0 saturated carbocycles. The lowest BCUT2D eigenvalue weighted by molar-refractivity contribution is -0.149. The van der Waals surface area contributed by atoms with Crippen LogP contribution in [-0.2, 0) is 24.7 Å². The minimum Gasteiger partial charge on any atom is -0.482 e. The molecule has 4 aliphatic rings. The third-order valence-electron chi connectivity index (χ3n) is 10.1. The average Bonchev–Trinajstić information content (AvgIpc) is 3.70. The van der Waals surface area contributed by atoms with Crippen LogP contribution in [0.4, 0.5) is 22.7 Å². The van der Waals surface area contributed by atoms with E-state index in [9.17, 15) is 24.3 Å². The zero-order chi connectivity index (χ0) is 32.4. The number of likely N-dealkylation sites (tertiary alicyclic amines) is 1. The Bertz CT molecular complexity index is 1690. The van der Waals surface area contributed by atoms with Crippen LogP contribution in [0.5, 0.6) is 5.75 Å². The molecule has 5 atom stereocenters. The van der Waals surface area contributed by atoms with Gasteiger partial charge in [0.05, 0.1) is 36.5 Å². The maximum absolute atomic E-state index is 14.9. The maximum atomic E-state index is 14.9. The molecule has 0 unspecified atom stereocenters. The highest BCUT2D eigenvalue weighted by Gasteiger charge is 2.67. The van der Waals surface area contributed by atoms with Gasteiger partial charge in [-0.3, -0.25) is 24.2 Å². The van der Waals surface area contributed by atoms with Crippen LogP contribution in [0.25, 0.3) is 0 Å². The molecule has 2 saturated heterocycles. The monoisotopic (exact) mass is 641 g/mol. The second-order valence-corrected chi connectivity index (χ2v) is 17.3. The second-order valence-electron chi connectivity index (χ2n) is 13.3. The molecular weight excluding hydrogens is 602 g/mol. The molecule has 4 heterocycles. The number of para-hydroxylation sites is 3. The summed E-state index contributed by atoms with van der Waals surface area (Å²) in [7, 11) is -3.03. The summed E-state index contributed by atoms with van der Waals surface area (Å²) in [5, 5.41) is 9.89. The number of fused-ring (bicyclic) bond motifs is 3. The molecule has 1 spiro atoms. The van der Waals surface area contributed by atoms with Gasteiger partial charge in [-0.1, -0.05) is 37.3 Å². The van der Waals surface area contributed by atoms with Crippen LogP contribution in [0.15, 0.2) is 72.8 Å². The summed E-state index contributed by atoms with van der Waals surface area (Å²) < 4.78 is 12.6. The van der Waals surface area contributed by atoms with Crippen LogP contribution in [0, 0.1) is 5.92 Å². The summed E-state index contributed by atoms with van der Waals surface area (Å²) in [6.07, 6.45) is 0.821. The summed E-state index contributed by atoms with van der Waals surface area (Å²) in [4.78, 5) is 58.6. The zero-order valence-corrected chi connectivity index (χ0v) is 27.3. The smallest absolute Gasteiger partial charge is 0.269 e. The Hall–Kier alpha value is -4.03. The van der Waals surface area contributed by atoms with Crippen molar-refractivity contribution in [2.75, 3.05) is 29.6 Å². The molecule has 0 aliphatic carbocycles. The van der Waals surface area contributed by atoms with Gasteiger partial charge in [-0.25, -0.2) is 0 Å². The third-order valence-corrected chi connectivity index (χ3v) is 12.6. The van der Waals surface area contributed by atoms with E-state index in [1.54, 1.807) is 14.7 Å². The van der Waals surface area contributed by atoms with E-state index < -0.39 is 31.5 Å². The molecule has 3 aromatic rings. The van der Waals surface area contributed by atoms with Crippen LogP contribution in [0.1, 0.15) is 31.7 Å². The molecule has 0 radical (unpaired) electrons. The van der Waals surface area contributed by atoms with Gasteiger partial charge >= 0.3 is 0 Å². The Balaban J connectivity index is 1.36. The first-order valence-corrected chi connectivity index (χ1v) is 19.0. The molecule has 46 heavy (non-hydrogen) atoms. The molecular formula is C35H39N3O7Si. The number of anilines is 4. The van der Waals surface area contributed by atoms with Gasteiger partial charge < -0.3 is 24.3 Å². The van der Waals surface area contributed by atoms with Gasteiger partial charge in [0, 0.05) is 34.9 Å². The number of amides is 3. The fraction of sp³-hybridized carbons (Fsp3) is 0.400. The first-order chi connectivity index (χ1) is 22.1. The second kappa shape index (κ2) is 11.3. The Morgan fingerprint density at radius 2 is 1.72 bits per heavy atom. The van der Waals surface area contributed by atoms with Crippen molar-refractivity contribution in [2.24, 2.45) is 5.92 Å². The van der Waals surface area contributed by atoms with Crippen molar-refractivity contribution < 1.29 is 33.8 Å². The average molecular weight is 642 g/mol. The van der Waals surface area contributed by atoms with E-state index in [-0.39, 0.29) is 43.4 Å². The fourth-order valence-electron chi connectivity index (χ4n) is 8.19. The third kappa shape index (κ3) is 4.67. The first-order valence-electron chi connectivity index (χ1n) is 16.0. The number of aliphatic hydroxyl groups excluding tert-OH is 1. The molecule has 240 valence electrons. The Morgan fingerprint density at radius 3 is 2.46 bits per heavy atom. The Kier molecular flexibility index (Phi) is 7.55. The zero-order valence-electron chi connectivity index (χ0n) is 26.3. The number of hydrogen-bond donors (Lipinski definition) is 2. The van der Waals surface area contributed by atoms with Crippen LogP contribution >= 0.6 is 0 Å². The van der Waals surface area contributed by atoms with Crippen molar-refractivity contribution in [2.45, 2.75) is 62.6 Å². The van der Waals surface area contributed by atoms with E-state index in [4.69, 9.17) is 9.47 Å². The number of carbonyl (C=O) groups excluding carboxylic acids is 3.